The van der Waals surface area contributed by atoms with E-state index in [4.69, 9.17) is 0 Å². The molecule has 0 aliphatic rings. The predicted octanol–water partition coefficient (Wildman–Crippen LogP) is 1.74. The highest BCUT2D eigenvalue weighted by atomic mass is 127. The first-order chi connectivity index (χ1) is 3.50. The van der Waals surface area contributed by atoms with Gasteiger partial charge in [-0.2, -0.15) is 0 Å². The third-order valence-corrected chi connectivity index (χ3v) is 4.76. The van der Waals surface area contributed by atoms with Gasteiger partial charge in [-0.1, -0.05) is 0 Å². The molecule has 0 aromatic rings. The smallest absolute Gasteiger partial charge is 0.274 e. The Bertz CT molecular complexity index is 116. The minimum atomic E-state index is -2.43. The second-order valence-electron chi connectivity index (χ2n) is 1.72. The summed E-state index contributed by atoms with van der Waals surface area (Å²) >= 11 is 1.64. The first-order valence-corrected chi connectivity index (χ1v) is 4.97. The summed E-state index contributed by atoms with van der Waals surface area (Å²) in [5.41, 5.74) is 0. The molecule has 0 radical (unpaired) electrons. The third-order valence-electron chi connectivity index (χ3n) is 0.855. The lowest BCUT2D eigenvalue weighted by atomic mass is 11.3. The Morgan fingerprint density at radius 1 is 1.62 bits per heavy atom. The summed E-state index contributed by atoms with van der Waals surface area (Å²) in [6, 6.07) is 0. The highest BCUT2D eigenvalue weighted by Crippen LogP contribution is 2.46. The second kappa shape index (κ2) is 3.15. The Balaban J connectivity index is 3.93. The third kappa shape index (κ3) is 2.44. The van der Waals surface area contributed by atoms with Crippen LogP contribution in [0.4, 0.5) is 0 Å². The van der Waals surface area contributed by atoms with Crippen molar-refractivity contribution in [1.82, 2.24) is 4.67 Å². The molecule has 0 saturated carbocycles. The molecule has 0 heterocycles. The van der Waals surface area contributed by atoms with Gasteiger partial charge in [-0.3, -0.25) is 4.57 Å². The van der Waals surface area contributed by atoms with E-state index in [2.05, 4.69) is 2.85 Å². The van der Waals surface area contributed by atoms with Crippen LogP contribution < -0.4 is 0 Å². The Hall–Kier alpha value is 0.880. The first-order valence-electron chi connectivity index (χ1n) is 2.06. The van der Waals surface area contributed by atoms with Crippen molar-refractivity contribution in [1.29, 1.82) is 0 Å². The van der Waals surface area contributed by atoms with Gasteiger partial charge >= 0.3 is 0 Å². The van der Waals surface area contributed by atoms with E-state index < -0.39 is 7.52 Å². The van der Waals surface area contributed by atoms with Crippen molar-refractivity contribution in [2.24, 2.45) is 0 Å². The van der Waals surface area contributed by atoms with E-state index in [0.29, 0.717) is 0 Å². The number of hydrogen-bond donors (Lipinski definition) is 0. The zero-order valence-corrected chi connectivity index (χ0v) is 8.14. The van der Waals surface area contributed by atoms with Crippen LogP contribution in [0.1, 0.15) is 0 Å². The molecule has 0 amide bonds. The number of rotatable bonds is 2. The fraction of sp³-hybridized carbons (Fsp3) is 1.00. The molecule has 0 fully saturated rings. The molecule has 1 unspecified atom stereocenters. The van der Waals surface area contributed by atoms with E-state index in [9.17, 15) is 4.57 Å². The van der Waals surface area contributed by atoms with E-state index in [1.54, 1.807) is 48.4 Å². The average Bonchev–Trinajstić information content (AvgIpc) is 1.67. The molecular weight excluding hydrogens is 240 g/mol. The SMILES string of the molecule is CN(C)P(C)(=O)OI. The van der Waals surface area contributed by atoms with Crippen molar-refractivity contribution < 1.29 is 7.42 Å². The van der Waals surface area contributed by atoms with Crippen molar-refractivity contribution in [3.63, 3.8) is 0 Å². The van der Waals surface area contributed by atoms with Gasteiger partial charge < -0.3 is 0 Å². The van der Waals surface area contributed by atoms with Gasteiger partial charge in [-0.15, -0.1) is 0 Å². The average molecular weight is 249 g/mol. The second-order valence-corrected chi connectivity index (χ2v) is 5.44. The molecule has 5 heteroatoms. The highest BCUT2D eigenvalue weighted by molar-refractivity contribution is 14.1. The van der Waals surface area contributed by atoms with E-state index in [0.717, 1.165) is 0 Å². The number of hydrogen-bond acceptors (Lipinski definition) is 2. The van der Waals surface area contributed by atoms with Crippen molar-refractivity contribution >= 4 is 30.5 Å². The molecule has 0 aliphatic heterocycles. The fourth-order valence-electron chi connectivity index (χ4n) is 0.0617. The van der Waals surface area contributed by atoms with Gasteiger partial charge in [0.15, 0.2) is 0 Å². The van der Waals surface area contributed by atoms with Crippen LogP contribution in [0.2, 0.25) is 0 Å². The maximum absolute atomic E-state index is 11.0. The van der Waals surface area contributed by atoms with Crippen molar-refractivity contribution in [2.75, 3.05) is 20.8 Å². The Kier molecular flexibility index (Phi) is 3.50. The summed E-state index contributed by atoms with van der Waals surface area (Å²) in [7, 11) is 1.02. The Morgan fingerprint density at radius 2 is 2.00 bits per heavy atom. The van der Waals surface area contributed by atoms with Gasteiger partial charge in [0.25, 0.3) is 7.52 Å². The van der Waals surface area contributed by atoms with Crippen LogP contribution in [0.15, 0.2) is 0 Å². The first kappa shape index (κ1) is 8.88. The van der Waals surface area contributed by atoms with E-state index in [1.165, 1.54) is 0 Å². The van der Waals surface area contributed by atoms with Gasteiger partial charge in [0.1, 0.15) is 23.0 Å². The Labute approximate surface area is 63.6 Å². The number of nitrogens with zero attached hydrogens (tertiary/aromatic N) is 1. The molecule has 3 nitrogen and oxygen atoms in total. The predicted molar refractivity (Wildman–Crippen MR) is 42.3 cm³/mol. The summed E-state index contributed by atoms with van der Waals surface area (Å²) in [6.07, 6.45) is 0. The van der Waals surface area contributed by atoms with Gasteiger partial charge in [0, 0.05) is 6.66 Å². The zero-order valence-electron chi connectivity index (χ0n) is 5.09. The van der Waals surface area contributed by atoms with Gasteiger partial charge in [-0.25, -0.2) is 7.52 Å². The molecule has 0 aromatic carbocycles. The lowest BCUT2D eigenvalue weighted by Gasteiger charge is -2.15. The van der Waals surface area contributed by atoms with Gasteiger partial charge in [0.2, 0.25) is 0 Å². The van der Waals surface area contributed by atoms with Crippen LogP contribution in [0, 0.1) is 0 Å². The van der Waals surface area contributed by atoms with Crippen LogP contribution in [0.25, 0.3) is 0 Å². The standard InChI is InChI=1S/C3H9INO2P/c1-5(2)8(3,6)7-4/h1-3H3. The number of halogens is 1. The molecule has 8 heavy (non-hydrogen) atoms. The fourth-order valence-corrected chi connectivity index (χ4v) is 1.24. The van der Waals surface area contributed by atoms with Crippen molar-refractivity contribution in [3.05, 3.63) is 0 Å². The normalized spacial score (nSPS) is 18.6. The molecule has 0 saturated heterocycles. The summed E-state index contributed by atoms with van der Waals surface area (Å²) in [5, 5.41) is 0. The molecule has 0 spiro atoms. The molecular formula is C3H9INO2P. The van der Waals surface area contributed by atoms with Gasteiger partial charge in [-0.05, 0) is 14.1 Å². The minimum absolute atomic E-state index is 1.57. The van der Waals surface area contributed by atoms with Crippen LogP contribution >= 0.6 is 30.5 Å². The molecule has 50 valence electrons. The molecule has 0 N–H and O–H groups in total. The van der Waals surface area contributed by atoms with Crippen LogP contribution in [0.5, 0.6) is 0 Å². The van der Waals surface area contributed by atoms with Crippen LogP contribution in [-0.2, 0) is 7.42 Å². The summed E-state index contributed by atoms with van der Waals surface area (Å²) in [5.74, 6) is 0. The monoisotopic (exact) mass is 249 g/mol. The molecule has 0 rings (SSSR count). The van der Waals surface area contributed by atoms with Crippen molar-refractivity contribution in [3.8, 4) is 0 Å². The van der Waals surface area contributed by atoms with E-state index >= 15 is 0 Å². The lowest BCUT2D eigenvalue weighted by Crippen LogP contribution is -2.06. The van der Waals surface area contributed by atoms with Gasteiger partial charge in [0.05, 0.1) is 0 Å². The van der Waals surface area contributed by atoms with Crippen LogP contribution in [0.3, 0.4) is 0 Å². The quantitative estimate of drug-likeness (QED) is 0.551. The molecule has 0 aromatic heterocycles. The molecule has 0 bridgehead atoms. The maximum atomic E-state index is 11.0. The summed E-state index contributed by atoms with van der Waals surface area (Å²) in [4.78, 5) is 0. The zero-order chi connectivity index (χ0) is 6.78. The maximum Gasteiger partial charge on any atom is 0.278 e. The lowest BCUT2D eigenvalue weighted by molar-refractivity contribution is 0.463. The Morgan fingerprint density at radius 3 is 2.00 bits per heavy atom. The van der Waals surface area contributed by atoms with E-state index in [1.807, 2.05) is 0 Å². The summed E-state index contributed by atoms with van der Waals surface area (Å²) < 4.78 is 17.2. The molecule has 1 atom stereocenters. The minimum Gasteiger partial charge on any atom is -0.274 e. The highest BCUT2D eigenvalue weighted by Gasteiger charge is 2.16. The molecule has 0 aliphatic carbocycles. The van der Waals surface area contributed by atoms with Crippen LogP contribution in [-0.4, -0.2) is 25.4 Å². The van der Waals surface area contributed by atoms with Crippen molar-refractivity contribution in [2.45, 2.75) is 0 Å². The summed E-state index contributed by atoms with van der Waals surface area (Å²) in [6.45, 7) is 1.57. The van der Waals surface area contributed by atoms with E-state index in [-0.39, 0.29) is 0 Å². The largest absolute Gasteiger partial charge is 0.278 e. The topological polar surface area (TPSA) is 29.5 Å².